The van der Waals surface area contributed by atoms with Gasteiger partial charge < -0.3 is 9.53 Å². The van der Waals surface area contributed by atoms with E-state index in [1.165, 1.54) is 23.2 Å². The van der Waals surface area contributed by atoms with E-state index in [1.807, 2.05) is 0 Å². The van der Waals surface area contributed by atoms with E-state index in [1.54, 1.807) is 0 Å². The highest BCUT2D eigenvalue weighted by atomic mass is 28.4. The summed E-state index contributed by atoms with van der Waals surface area (Å²) in [6.45, 7) is 14.3. The minimum Gasteiger partial charge on any atom is -0.404 e. The van der Waals surface area contributed by atoms with Crippen molar-refractivity contribution in [2.75, 3.05) is 6.61 Å². The largest absolute Gasteiger partial charge is 0.404 e. The van der Waals surface area contributed by atoms with Crippen LogP contribution in [0.15, 0.2) is 60.7 Å². The highest BCUT2D eigenvalue weighted by molar-refractivity contribution is 6.99. The summed E-state index contributed by atoms with van der Waals surface area (Å²) in [5.41, 5.74) is 0.205. The predicted molar refractivity (Wildman–Crippen MR) is 134 cm³/mol. The molecule has 1 fully saturated rings. The molecule has 4 atom stereocenters. The number of rotatable bonds is 7. The van der Waals surface area contributed by atoms with E-state index in [4.69, 9.17) is 4.43 Å². The minimum absolute atomic E-state index is 0.00750. The van der Waals surface area contributed by atoms with Gasteiger partial charge in [0.25, 0.3) is 8.32 Å². The van der Waals surface area contributed by atoms with Gasteiger partial charge in [-0.25, -0.2) is 0 Å². The van der Waals surface area contributed by atoms with Crippen molar-refractivity contribution in [1.29, 1.82) is 0 Å². The predicted octanol–water partition coefficient (Wildman–Crippen LogP) is 5.78. The molecule has 2 aromatic carbocycles. The Morgan fingerprint density at radius 1 is 1.00 bits per heavy atom. The van der Waals surface area contributed by atoms with Crippen molar-refractivity contribution in [3.8, 4) is 0 Å². The van der Waals surface area contributed by atoms with E-state index in [9.17, 15) is 5.11 Å². The van der Waals surface area contributed by atoms with Gasteiger partial charge in [-0.2, -0.15) is 0 Å². The average molecular weight is 439 g/mol. The van der Waals surface area contributed by atoms with Crippen LogP contribution in [0.4, 0.5) is 0 Å². The maximum Gasteiger partial charge on any atom is 0.261 e. The van der Waals surface area contributed by atoms with Crippen LogP contribution in [0.3, 0.4) is 0 Å². The van der Waals surface area contributed by atoms with Gasteiger partial charge in [0.05, 0.1) is 0 Å². The van der Waals surface area contributed by atoms with Gasteiger partial charge >= 0.3 is 0 Å². The highest BCUT2D eigenvalue weighted by Gasteiger charge is 2.52. The highest BCUT2D eigenvalue weighted by Crippen LogP contribution is 2.47. The molecule has 0 aliphatic heterocycles. The van der Waals surface area contributed by atoms with Crippen molar-refractivity contribution in [3.05, 3.63) is 60.7 Å². The Kier molecular flexibility index (Phi) is 7.50. The maximum atomic E-state index is 9.78. The van der Waals surface area contributed by atoms with Crippen molar-refractivity contribution < 1.29 is 9.53 Å². The number of hydrogen-bond donors (Lipinski definition) is 1. The lowest BCUT2D eigenvalue weighted by Gasteiger charge is -2.50. The van der Waals surface area contributed by atoms with Gasteiger partial charge in [0.2, 0.25) is 0 Å². The molecule has 3 rings (SSSR count). The molecule has 0 unspecified atom stereocenters. The molecule has 170 valence electrons. The van der Waals surface area contributed by atoms with Crippen LogP contribution >= 0.6 is 0 Å². The van der Waals surface area contributed by atoms with Crippen LogP contribution in [0.1, 0.15) is 67.2 Å². The van der Waals surface area contributed by atoms with E-state index >= 15 is 0 Å². The van der Waals surface area contributed by atoms with Crippen molar-refractivity contribution >= 4 is 18.7 Å². The van der Waals surface area contributed by atoms with Crippen molar-refractivity contribution in [2.24, 2.45) is 17.3 Å². The Hall–Kier alpha value is -1.42. The first-order valence-corrected chi connectivity index (χ1v) is 13.9. The fourth-order valence-electron chi connectivity index (χ4n) is 5.76. The lowest BCUT2D eigenvalue weighted by Crippen LogP contribution is -2.68. The molecule has 0 amide bonds. The number of benzene rings is 2. The molecule has 1 aliphatic carbocycles. The number of hydrogen-bond acceptors (Lipinski definition) is 2. The second-order valence-corrected chi connectivity index (χ2v) is 15.4. The summed E-state index contributed by atoms with van der Waals surface area (Å²) >= 11 is 0. The lowest BCUT2D eigenvalue weighted by molar-refractivity contribution is 0.00552. The van der Waals surface area contributed by atoms with E-state index in [-0.39, 0.29) is 23.2 Å². The number of aliphatic hydroxyl groups is 1. The molecule has 2 nitrogen and oxygen atoms in total. The molecule has 0 bridgehead atoms. The Morgan fingerprint density at radius 3 is 1.97 bits per heavy atom. The summed E-state index contributed by atoms with van der Waals surface area (Å²) < 4.78 is 7.45. The van der Waals surface area contributed by atoms with E-state index in [0.717, 1.165) is 12.8 Å². The lowest BCUT2D eigenvalue weighted by atomic mass is 9.63. The quantitative estimate of drug-likeness (QED) is 0.556. The molecule has 0 spiro atoms. The zero-order valence-corrected chi connectivity index (χ0v) is 21.4. The van der Waals surface area contributed by atoms with Crippen LogP contribution in [0.25, 0.3) is 0 Å². The topological polar surface area (TPSA) is 29.5 Å². The Bertz CT molecular complexity index is 774. The van der Waals surface area contributed by atoms with Gasteiger partial charge in [0, 0.05) is 12.7 Å². The van der Waals surface area contributed by atoms with E-state index in [2.05, 4.69) is 102 Å². The summed E-state index contributed by atoms with van der Waals surface area (Å²) in [7, 11) is -2.52. The second-order valence-electron chi connectivity index (χ2n) is 11.1. The van der Waals surface area contributed by atoms with Crippen molar-refractivity contribution in [1.82, 2.24) is 0 Å². The molecule has 0 radical (unpaired) electrons. The molecule has 1 aliphatic rings. The minimum atomic E-state index is -2.52. The summed E-state index contributed by atoms with van der Waals surface area (Å²) in [5, 5.41) is 12.5. The third kappa shape index (κ3) is 4.84. The third-order valence-electron chi connectivity index (χ3n) is 7.97. The molecule has 0 heterocycles. The van der Waals surface area contributed by atoms with E-state index < -0.39 is 8.32 Å². The van der Waals surface area contributed by atoms with Gasteiger partial charge in [-0.3, -0.25) is 0 Å². The van der Waals surface area contributed by atoms with Gasteiger partial charge in [0.15, 0.2) is 0 Å². The standard InChI is InChI=1S/C28H42O2Si/c1-22(21-29)23(2)28(6)19-13-14-24(20-28)30-31(27(3,4)5,25-15-9-7-10-16-25)26-17-11-8-12-18-26/h7-12,15-18,22-24,29H,13-14,19-21H2,1-6H3/t22-,23+,24-,28-/m0/s1. The van der Waals surface area contributed by atoms with E-state index in [0.29, 0.717) is 11.8 Å². The maximum absolute atomic E-state index is 9.78. The van der Waals surface area contributed by atoms with Gasteiger partial charge in [-0.05, 0) is 51.9 Å². The zero-order valence-electron chi connectivity index (χ0n) is 20.4. The molecule has 0 saturated heterocycles. The molecular weight excluding hydrogens is 396 g/mol. The van der Waals surface area contributed by atoms with Gasteiger partial charge in [-0.15, -0.1) is 0 Å². The average Bonchev–Trinajstić information content (AvgIpc) is 2.77. The Morgan fingerprint density at radius 2 is 1.52 bits per heavy atom. The summed E-state index contributed by atoms with van der Waals surface area (Å²) in [5.74, 6) is 0.791. The fourth-order valence-corrected chi connectivity index (χ4v) is 10.5. The molecular formula is C28H42O2Si. The molecule has 1 saturated carbocycles. The Labute approximate surface area is 191 Å². The zero-order chi connectivity index (χ0) is 22.7. The second kappa shape index (κ2) is 9.60. The summed E-state index contributed by atoms with van der Waals surface area (Å²) in [6.07, 6.45) is 4.86. The first kappa shape index (κ1) is 24.2. The number of aliphatic hydroxyl groups excluding tert-OH is 1. The Balaban J connectivity index is 2.03. The van der Waals surface area contributed by atoms with Crippen LogP contribution in [0.5, 0.6) is 0 Å². The van der Waals surface area contributed by atoms with Crippen LogP contribution in [-0.2, 0) is 4.43 Å². The van der Waals surface area contributed by atoms with Crippen LogP contribution in [-0.4, -0.2) is 26.1 Å². The van der Waals surface area contributed by atoms with Gasteiger partial charge in [-0.1, -0.05) is 109 Å². The third-order valence-corrected chi connectivity index (χ3v) is 13.1. The first-order valence-electron chi connectivity index (χ1n) is 12.0. The monoisotopic (exact) mass is 438 g/mol. The van der Waals surface area contributed by atoms with Crippen LogP contribution in [0.2, 0.25) is 5.04 Å². The van der Waals surface area contributed by atoms with Crippen LogP contribution in [0, 0.1) is 17.3 Å². The molecule has 1 N–H and O–H groups in total. The normalized spacial score (nSPS) is 24.5. The molecule has 2 aromatic rings. The smallest absolute Gasteiger partial charge is 0.261 e. The summed E-state index contributed by atoms with van der Waals surface area (Å²) in [4.78, 5) is 0. The van der Waals surface area contributed by atoms with Crippen molar-refractivity contribution in [2.45, 2.75) is 78.4 Å². The van der Waals surface area contributed by atoms with Crippen molar-refractivity contribution in [3.63, 3.8) is 0 Å². The molecule has 31 heavy (non-hydrogen) atoms. The van der Waals surface area contributed by atoms with Crippen LogP contribution < -0.4 is 10.4 Å². The SMILES string of the molecule is C[C@H]([C@@H](C)CO)[C@@]1(C)CCC[C@H](O[Si](c2ccccc2)(c2ccccc2)C(C)(C)C)C1. The molecule has 3 heteroatoms. The first-order chi connectivity index (χ1) is 14.6. The summed E-state index contributed by atoms with van der Waals surface area (Å²) in [6, 6.07) is 22.0. The molecule has 0 aromatic heterocycles. The van der Waals surface area contributed by atoms with Gasteiger partial charge in [0.1, 0.15) is 0 Å². The fraction of sp³-hybridized carbons (Fsp3) is 0.571.